The normalized spacial score (nSPS) is 13.5. The lowest BCUT2D eigenvalue weighted by atomic mass is 10.2. The largest absolute Gasteiger partial charge is 0.268 e. The van der Waals surface area contributed by atoms with Gasteiger partial charge in [-0.1, -0.05) is 66.7 Å². The first-order valence-electron chi connectivity index (χ1n) is 7.66. The van der Waals surface area contributed by atoms with E-state index >= 15 is 0 Å². The minimum absolute atomic E-state index is 0.179. The van der Waals surface area contributed by atoms with E-state index in [2.05, 4.69) is 0 Å². The second-order valence-electron chi connectivity index (χ2n) is 5.11. The lowest BCUT2D eigenvalue weighted by Crippen LogP contribution is -2.28. The van der Waals surface area contributed by atoms with Crippen LogP contribution >= 0.6 is 0 Å². The molecule has 0 aliphatic rings. The average Bonchev–Trinajstić information content (AvgIpc) is 2.70. The SMILES string of the molecule is O=S(c1ccccc1)N(OCc1ccccc1)S(=O)c1ccccc1. The molecule has 0 spiro atoms. The molecule has 25 heavy (non-hydrogen) atoms. The molecular weight excluding hydrogens is 354 g/mol. The maximum absolute atomic E-state index is 12.9. The first-order valence-corrected chi connectivity index (χ1v) is 9.88. The van der Waals surface area contributed by atoms with Crippen LogP contribution in [0.2, 0.25) is 0 Å². The zero-order valence-corrected chi connectivity index (χ0v) is 15.0. The maximum atomic E-state index is 12.9. The molecular formula is C19H17NO3S2. The predicted octanol–water partition coefficient (Wildman–Crippen LogP) is 3.87. The summed E-state index contributed by atoms with van der Waals surface area (Å²) in [5.41, 5.74) is 0.905. The zero-order valence-electron chi connectivity index (χ0n) is 13.4. The molecule has 0 radical (unpaired) electrons. The third-order valence-electron chi connectivity index (χ3n) is 3.34. The van der Waals surface area contributed by atoms with Crippen molar-refractivity contribution in [2.45, 2.75) is 16.4 Å². The van der Waals surface area contributed by atoms with Gasteiger partial charge in [0.05, 0.1) is 16.4 Å². The second kappa shape index (κ2) is 8.82. The summed E-state index contributed by atoms with van der Waals surface area (Å²) in [5, 5.41) is 0. The summed E-state index contributed by atoms with van der Waals surface area (Å²) < 4.78 is 26.9. The van der Waals surface area contributed by atoms with Gasteiger partial charge >= 0.3 is 0 Å². The van der Waals surface area contributed by atoms with E-state index in [0.29, 0.717) is 9.79 Å². The molecule has 0 heterocycles. The lowest BCUT2D eigenvalue weighted by Gasteiger charge is -2.19. The monoisotopic (exact) mass is 371 g/mol. The van der Waals surface area contributed by atoms with Gasteiger partial charge in [0.2, 0.25) is 0 Å². The van der Waals surface area contributed by atoms with Gasteiger partial charge < -0.3 is 0 Å². The number of hydrogen-bond acceptors (Lipinski definition) is 3. The van der Waals surface area contributed by atoms with Crippen molar-refractivity contribution in [2.75, 3.05) is 0 Å². The molecule has 0 aliphatic heterocycles. The highest BCUT2D eigenvalue weighted by Gasteiger charge is 2.24. The molecule has 0 fully saturated rings. The van der Waals surface area contributed by atoms with Crippen molar-refractivity contribution < 1.29 is 13.3 Å². The Labute approximate surface area is 152 Å². The van der Waals surface area contributed by atoms with E-state index in [1.807, 2.05) is 42.5 Å². The summed E-state index contributed by atoms with van der Waals surface area (Å²) in [6.45, 7) is 0.179. The standard InChI is InChI=1S/C19H17NO3S2/c21-24(18-12-6-2-7-13-18)20(23-16-17-10-4-1-5-11-17)25(22)19-14-8-3-9-15-19/h1-15H,16H2. The van der Waals surface area contributed by atoms with Gasteiger partial charge in [-0.15, -0.1) is 0 Å². The van der Waals surface area contributed by atoms with Gasteiger partial charge in [0.25, 0.3) is 0 Å². The quantitative estimate of drug-likeness (QED) is 0.593. The molecule has 3 rings (SSSR count). The van der Waals surface area contributed by atoms with Gasteiger partial charge in [-0.2, -0.15) is 0 Å². The van der Waals surface area contributed by atoms with E-state index in [4.69, 9.17) is 4.84 Å². The Hall–Kier alpha value is -2.12. The Bertz CT molecular complexity index is 791. The fourth-order valence-electron chi connectivity index (χ4n) is 2.10. The highest BCUT2D eigenvalue weighted by molar-refractivity contribution is 7.97. The van der Waals surface area contributed by atoms with Gasteiger partial charge in [-0.3, -0.25) is 4.84 Å². The van der Waals surface area contributed by atoms with Crippen molar-refractivity contribution >= 4 is 22.0 Å². The fourth-order valence-corrected chi connectivity index (χ4v) is 4.53. The van der Waals surface area contributed by atoms with Crippen LogP contribution in [0.25, 0.3) is 0 Å². The molecule has 0 aliphatic carbocycles. The van der Waals surface area contributed by atoms with E-state index in [1.54, 1.807) is 48.5 Å². The summed E-state index contributed by atoms with van der Waals surface area (Å²) >= 11 is 0. The summed E-state index contributed by atoms with van der Waals surface area (Å²) in [5.74, 6) is 0. The van der Waals surface area contributed by atoms with Crippen LogP contribution in [0.1, 0.15) is 5.56 Å². The van der Waals surface area contributed by atoms with E-state index < -0.39 is 22.0 Å². The van der Waals surface area contributed by atoms with E-state index in [1.165, 1.54) is 0 Å². The molecule has 0 saturated heterocycles. The van der Waals surface area contributed by atoms with Crippen molar-refractivity contribution in [3.05, 3.63) is 96.6 Å². The topological polar surface area (TPSA) is 46.6 Å². The van der Waals surface area contributed by atoms with Crippen LogP contribution in [0.15, 0.2) is 101 Å². The Morgan fingerprint density at radius 2 is 1.04 bits per heavy atom. The van der Waals surface area contributed by atoms with E-state index in [0.717, 1.165) is 9.44 Å². The zero-order chi connectivity index (χ0) is 17.5. The predicted molar refractivity (Wildman–Crippen MR) is 98.8 cm³/mol. The van der Waals surface area contributed by atoms with Crippen LogP contribution in [-0.2, 0) is 33.4 Å². The van der Waals surface area contributed by atoms with Crippen LogP contribution < -0.4 is 0 Å². The van der Waals surface area contributed by atoms with Gasteiger partial charge in [-0.25, -0.2) is 8.42 Å². The molecule has 3 aromatic carbocycles. The molecule has 6 heteroatoms. The third-order valence-corrected chi connectivity index (χ3v) is 6.26. The van der Waals surface area contributed by atoms with Gasteiger partial charge in [0, 0.05) is 0 Å². The second-order valence-corrected chi connectivity index (χ2v) is 7.94. The maximum Gasteiger partial charge on any atom is 0.164 e. The number of benzene rings is 3. The van der Waals surface area contributed by atoms with Crippen molar-refractivity contribution in [1.29, 1.82) is 0 Å². The van der Waals surface area contributed by atoms with Crippen molar-refractivity contribution in [3.63, 3.8) is 0 Å². The Kier molecular flexibility index (Phi) is 6.25. The number of hydrogen-bond donors (Lipinski definition) is 0. The first kappa shape index (κ1) is 17.7. The third kappa shape index (κ3) is 4.70. The Morgan fingerprint density at radius 1 is 0.640 bits per heavy atom. The van der Waals surface area contributed by atoms with Crippen LogP contribution in [0.3, 0.4) is 0 Å². The highest BCUT2D eigenvalue weighted by atomic mass is 32.3. The van der Waals surface area contributed by atoms with E-state index in [-0.39, 0.29) is 6.61 Å². The molecule has 0 amide bonds. The highest BCUT2D eigenvalue weighted by Crippen LogP contribution is 2.19. The van der Waals surface area contributed by atoms with Crippen molar-refractivity contribution in [2.24, 2.45) is 0 Å². The van der Waals surface area contributed by atoms with Gasteiger partial charge in [0.1, 0.15) is 0 Å². The van der Waals surface area contributed by atoms with Gasteiger partial charge in [-0.05, 0) is 33.7 Å². The molecule has 2 atom stereocenters. The molecule has 3 aromatic rings. The molecule has 0 saturated carbocycles. The lowest BCUT2D eigenvalue weighted by molar-refractivity contribution is -0.0199. The summed E-state index contributed by atoms with van der Waals surface area (Å²) in [6.07, 6.45) is 0. The van der Waals surface area contributed by atoms with Crippen LogP contribution in [0.4, 0.5) is 0 Å². The number of nitrogens with zero attached hydrogens (tertiary/aromatic N) is 1. The molecule has 4 nitrogen and oxygen atoms in total. The van der Waals surface area contributed by atoms with Crippen molar-refractivity contribution in [1.82, 2.24) is 3.87 Å². The summed E-state index contributed by atoms with van der Waals surface area (Å²) in [6, 6.07) is 27.2. The molecule has 0 N–H and O–H groups in total. The Morgan fingerprint density at radius 3 is 1.48 bits per heavy atom. The van der Waals surface area contributed by atoms with Crippen LogP contribution in [-0.4, -0.2) is 12.3 Å². The van der Waals surface area contributed by atoms with E-state index in [9.17, 15) is 8.42 Å². The van der Waals surface area contributed by atoms with Crippen molar-refractivity contribution in [3.8, 4) is 0 Å². The van der Waals surface area contributed by atoms with Gasteiger partial charge in [0.15, 0.2) is 22.0 Å². The number of rotatable bonds is 7. The molecule has 128 valence electrons. The molecule has 0 bridgehead atoms. The summed E-state index contributed by atoms with van der Waals surface area (Å²) in [7, 11) is -3.43. The fraction of sp³-hybridized carbons (Fsp3) is 0.0526. The summed E-state index contributed by atoms with van der Waals surface area (Å²) in [4.78, 5) is 6.75. The van der Waals surface area contributed by atoms with Crippen LogP contribution in [0, 0.1) is 0 Å². The molecule has 2 unspecified atom stereocenters. The average molecular weight is 371 g/mol. The Balaban J connectivity index is 1.85. The molecule has 0 aromatic heterocycles. The first-order chi connectivity index (χ1) is 12.3. The minimum Gasteiger partial charge on any atom is -0.268 e. The smallest absolute Gasteiger partial charge is 0.164 e. The van der Waals surface area contributed by atoms with Crippen LogP contribution in [0.5, 0.6) is 0 Å². The minimum atomic E-state index is -1.71.